The van der Waals surface area contributed by atoms with Gasteiger partial charge in [-0.2, -0.15) is 4.98 Å². The molecule has 0 atom stereocenters. The molecule has 0 radical (unpaired) electrons. The molecule has 2 aromatic carbocycles. The van der Waals surface area contributed by atoms with Gasteiger partial charge in [-0.25, -0.2) is 0 Å². The molecule has 0 spiro atoms. The molecule has 0 fully saturated rings. The van der Waals surface area contributed by atoms with E-state index in [9.17, 15) is 0 Å². The van der Waals surface area contributed by atoms with Crippen LogP contribution in [-0.2, 0) is 0 Å². The summed E-state index contributed by atoms with van der Waals surface area (Å²) < 4.78 is 5.20. The molecule has 0 amide bonds. The lowest BCUT2D eigenvalue weighted by Crippen LogP contribution is -1.88. The van der Waals surface area contributed by atoms with E-state index in [1.807, 2.05) is 36.4 Å². The number of anilines is 1. The summed E-state index contributed by atoms with van der Waals surface area (Å²) in [6.07, 6.45) is 0. The first-order valence-electron chi connectivity index (χ1n) is 5.33. The van der Waals surface area contributed by atoms with Gasteiger partial charge in [-0.1, -0.05) is 29.4 Å². The second-order valence-electron chi connectivity index (χ2n) is 3.89. The Morgan fingerprint density at radius 2 is 1.82 bits per heavy atom. The predicted molar refractivity (Wildman–Crippen MR) is 66.4 cm³/mol. The first kappa shape index (κ1) is 9.84. The van der Waals surface area contributed by atoms with Gasteiger partial charge < -0.3 is 10.3 Å². The summed E-state index contributed by atoms with van der Waals surface area (Å²) in [7, 11) is 0. The Bertz CT molecular complexity index is 688. The highest BCUT2D eigenvalue weighted by atomic mass is 16.5. The molecule has 84 valence electrons. The van der Waals surface area contributed by atoms with Crippen LogP contribution in [0.2, 0.25) is 0 Å². The van der Waals surface area contributed by atoms with Gasteiger partial charge in [0, 0.05) is 16.6 Å². The number of nitrogens with two attached hydrogens (primary N) is 1. The first-order valence-corrected chi connectivity index (χ1v) is 5.33. The van der Waals surface area contributed by atoms with Gasteiger partial charge in [0.05, 0.1) is 0 Å². The molecule has 1 heterocycles. The smallest absolute Gasteiger partial charge is 0.258 e. The van der Waals surface area contributed by atoms with E-state index in [0.717, 1.165) is 22.0 Å². The van der Waals surface area contributed by atoms with Gasteiger partial charge in [0.2, 0.25) is 0 Å². The normalized spacial score (nSPS) is 10.9. The molecule has 4 nitrogen and oxygen atoms in total. The van der Waals surface area contributed by atoms with Crippen LogP contribution in [0.15, 0.2) is 40.9 Å². The van der Waals surface area contributed by atoms with E-state index >= 15 is 0 Å². The molecule has 2 N–H and O–H groups in total. The number of nitrogen functional groups attached to an aromatic ring is 1. The highest BCUT2D eigenvalue weighted by molar-refractivity contribution is 6.01. The largest absolute Gasteiger partial charge is 0.398 e. The third kappa shape index (κ3) is 1.54. The molecule has 3 aromatic rings. The minimum atomic E-state index is 0.527. The Balaban J connectivity index is 2.34. The first-order chi connectivity index (χ1) is 8.25. The Kier molecular flexibility index (Phi) is 2.08. The van der Waals surface area contributed by atoms with Crippen molar-refractivity contribution in [1.29, 1.82) is 0 Å². The fourth-order valence-corrected chi connectivity index (χ4v) is 1.93. The van der Waals surface area contributed by atoms with Crippen LogP contribution in [0.5, 0.6) is 0 Å². The van der Waals surface area contributed by atoms with Gasteiger partial charge >= 0.3 is 0 Å². The quantitative estimate of drug-likeness (QED) is 0.647. The Morgan fingerprint density at radius 3 is 2.59 bits per heavy atom. The van der Waals surface area contributed by atoms with Crippen LogP contribution in [0.3, 0.4) is 0 Å². The highest BCUT2D eigenvalue weighted by Crippen LogP contribution is 2.30. The fraction of sp³-hybridized carbons (Fsp3) is 0.0769. The van der Waals surface area contributed by atoms with Crippen molar-refractivity contribution >= 4 is 16.5 Å². The molecule has 0 aliphatic heterocycles. The van der Waals surface area contributed by atoms with Gasteiger partial charge in [-0.15, -0.1) is 0 Å². The summed E-state index contributed by atoms with van der Waals surface area (Å²) in [5.74, 6) is 1.15. The van der Waals surface area contributed by atoms with Crippen LogP contribution >= 0.6 is 0 Å². The van der Waals surface area contributed by atoms with Crippen LogP contribution < -0.4 is 5.73 Å². The Morgan fingerprint density at radius 1 is 1.06 bits per heavy atom. The van der Waals surface area contributed by atoms with E-state index in [0.29, 0.717) is 11.7 Å². The number of aromatic nitrogens is 2. The van der Waals surface area contributed by atoms with Crippen LogP contribution in [0.1, 0.15) is 5.82 Å². The van der Waals surface area contributed by atoms with Gasteiger partial charge in [0.15, 0.2) is 5.82 Å². The molecule has 0 bridgehead atoms. The second kappa shape index (κ2) is 3.59. The van der Waals surface area contributed by atoms with Crippen molar-refractivity contribution in [2.45, 2.75) is 6.92 Å². The lowest BCUT2D eigenvalue weighted by molar-refractivity contribution is 0.426. The lowest BCUT2D eigenvalue weighted by atomic mass is 10.0. The predicted octanol–water partition coefficient (Wildman–Crippen LogP) is 2.78. The number of benzene rings is 2. The summed E-state index contributed by atoms with van der Waals surface area (Å²) in [4.78, 5) is 4.24. The molecule has 0 aliphatic carbocycles. The zero-order valence-electron chi connectivity index (χ0n) is 9.34. The van der Waals surface area contributed by atoms with Crippen LogP contribution in [-0.4, -0.2) is 10.1 Å². The summed E-state index contributed by atoms with van der Waals surface area (Å²) in [6.45, 7) is 1.80. The average molecular weight is 225 g/mol. The molecule has 0 aliphatic rings. The standard InChI is InChI=1S/C13H11N3O/c1-8-15-13(17-16-8)11-6-2-5-10-9(11)4-3-7-12(10)14/h2-7H,14H2,1H3. The van der Waals surface area contributed by atoms with Gasteiger partial charge in [-0.05, 0) is 24.4 Å². The molecule has 0 saturated heterocycles. The van der Waals surface area contributed by atoms with E-state index in [2.05, 4.69) is 10.1 Å². The second-order valence-corrected chi connectivity index (χ2v) is 3.89. The van der Waals surface area contributed by atoms with Crippen molar-refractivity contribution in [3.63, 3.8) is 0 Å². The van der Waals surface area contributed by atoms with Crippen molar-refractivity contribution < 1.29 is 4.52 Å². The summed E-state index contributed by atoms with van der Waals surface area (Å²) in [5.41, 5.74) is 7.60. The van der Waals surface area contributed by atoms with Gasteiger partial charge in [-0.3, -0.25) is 0 Å². The highest BCUT2D eigenvalue weighted by Gasteiger charge is 2.10. The lowest BCUT2D eigenvalue weighted by Gasteiger charge is -2.04. The third-order valence-corrected chi connectivity index (χ3v) is 2.71. The zero-order valence-corrected chi connectivity index (χ0v) is 9.34. The molecule has 4 heteroatoms. The molecular weight excluding hydrogens is 214 g/mol. The van der Waals surface area contributed by atoms with E-state index in [4.69, 9.17) is 10.3 Å². The van der Waals surface area contributed by atoms with Crippen molar-refractivity contribution in [2.75, 3.05) is 5.73 Å². The number of aryl methyl sites for hydroxylation is 1. The van der Waals surface area contributed by atoms with E-state index in [1.54, 1.807) is 6.92 Å². The van der Waals surface area contributed by atoms with Crippen LogP contribution in [0.4, 0.5) is 5.69 Å². The molecule has 17 heavy (non-hydrogen) atoms. The maximum atomic E-state index is 5.94. The van der Waals surface area contributed by atoms with Crippen molar-refractivity contribution in [3.05, 3.63) is 42.2 Å². The third-order valence-electron chi connectivity index (χ3n) is 2.71. The molecular formula is C13H11N3O. The summed E-state index contributed by atoms with van der Waals surface area (Å²) in [5, 5.41) is 5.83. The van der Waals surface area contributed by atoms with Crippen LogP contribution in [0.25, 0.3) is 22.2 Å². The van der Waals surface area contributed by atoms with Gasteiger partial charge in [0.25, 0.3) is 5.89 Å². The van der Waals surface area contributed by atoms with E-state index < -0.39 is 0 Å². The summed E-state index contributed by atoms with van der Waals surface area (Å²) >= 11 is 0. The monoisotopic (exact) mass is 225 g/mol. The van der Waals surface area contributed by atoms with Crippen molar-refractivity contribution in [3.8, 4) is 11.5 Å². The maximum absolute atomic E-state index is 5.94. The number of hydrogen-bond acceptors (Lipinski definition) is 4. The minimum absolute atomic E-state index is 0.527. The Labute approximate surface area is 98.1 Å². The zero-order chi connectivity index (χ0) is 11.8. The van der Waals surface area contributed by atoms with Crippen molar-refractivity contribution in [1.82, 2.24) is 10.1 Å². The minimum Gasteiger partial charge on any atom is -0.398 e. The topological polar surface area (TPSA) is 64.9 Å². The number of fused-ring (bicyclic) bond motifs is 1. The van der Waals surface area contributed by atoms with Gasteiger partial charge in [0.1, 0.15) is 0 Å². The maximum Gasteiger partial charge on any atom is 0.258 e. The Hall–Kier alpha value is -2.36. The number of hydrogen-bond donors (Lipinski definition) is 1. The fourth-order valence-electron chi connectivity index (χ4n) is 1.93. The molecule has 3 rings (SSSR count). The SMILES string of the molecule is Cc1noc(-c2cccc3c(N)cccc23)n1. The van der Waals surface area contributed by atoms with Crippen LogP contribution in [0, 0.1) is 6.92 Å². The number of rotatable bonds is 1. The van der Waals surface area contributed by atoms with E-state index in [1.165, 1.54) is 0 Å². The van der Waals surface area contributed by atoms with E-state index in [-0.39, 0.29) is 0 Å². The molecule has 1 aromatic heterocycles. The average Bonchev–Trinajstić information content (AvgIpc) is 2.76. The number of nitrogens with zero attached hydrogens (tertiary/aromatic N) is 2. The summed E-state index contributed by atoms with van der Waals surface area (Å²) in [6, 6.07) is 11.7. The molecule has 0 saturated carbocycles. The van der Waals surface area contributed by atoms with Crippen molar-refractivity contribution in [2.24, 2.45) is 0 Å². The molecule has 0 unspecified atom stereocenters.